The highest BCUT2D eigenvalue weighted by molar-refractivity contribution is 14.0. The van der Waals surface area contributed by atoms with Crippen molar-refractivity contribution in [1.29, 1.82) is 0 Å². The Morgan fingerprint density at radius 2 is 1.97 bits per heavy atom. The first-order valence-electron chi connectivity index (χ1n) is 10.9. The first-order chi connectivity index (χ1) is 14.1. The van der Waals surface area contributed by atoms with E-state index in [1.54, 1.807) is 0 Å². The molecule has 30 heavy (non-hydrogen) atoms. The number of rotatable bonds is 7. The molecule has 0 radical (unpaired) electrons. The van der Waals surface area contributed by atoms with E-state index in [0.717, 1.165) is 45.0 Å². The average molecular weight is 524 g/mol. The van der Waals surface area contributed by atoms with Gasteiger partial charge in [-0.25, -0.2) is 0 Å². The van der Waals surface area contributed by atoms with Gasteiger partial charge < -0.3 is 10.6 Å². The molecule has 166 valence electrons. The number of nitrogens with one attached hydrogen (secondary N) is 2. The zero-order chi connectivity index (χ0) is 20.6. The van der Waals surface area contributed by atoms with Crippen LogP contribution in [0.3, 0.4) is 0 Å². The molecular weight excluding hydrogens is 487 g/mol. The maximum absolute atomic E-state index is 4.68. The van der Waals surface area contributed by atoms with E-state index in [4.69, 9.17) is 0 Å². The minimum absolute atomic E-state index is 0. The summed E-state index contributed by atoms with van der Waals surface area (Å²) in [4.78, 5) is 7.01. The van der Waals surface area contributed by atoms with Crippen molar-refractivity contribution in [3.05, 3.63) is 52.8 Å². The fraction of sp³-hybridized carbons (Fsp3) is 0.565. The van der Waals surface area contributed by atoms with Gasteiger partial charge in [0.15, 0.2) is 5.96 Å². The molecule has 6 nitrogen and oxygen atoms in total. The third-order valence-electron chi connectivity index (χ3n) is 5.78. The molecule has 7 heteroatoms. The van der Waals surface area contributed by atoms with E-state index in [9.17, 15) is 0 Å². The van der Waals surface area contributed by atoms with Crippen LogP contribution in [0.5, 0.6) is 0 Å². The number of hydrogen-bond acceptors (Lipinski definition) is 3. The van der Waals surface area contributed by atoms with Crippen LogP contribution in [0.1, 0.15) is 49.2 Å². The number of aryl methyl sites for hydroxylation is 2. The summed E-state index contributed by atoms with van der Waals surface area (Å²) in [6, 6.07) is 11.2. The minimum atomic E-state index is 0. The largest absolute Gasteiger partial charge is 0.352 e. The highest BCUT2D eigenvalue weighted by Crippen LogP contribution is 2.16. The van der Waals surface area contributed by atoms with Gasteiger partial charge in [0.05, 0.1) is 5.69 Å². The van der Waals surface area contributed by atoms with Crippen molar-refractivity contribution in [2.24, 2.45) is 12.0 Å². The van der Waals surface area contributed by atoms with E-state index in [2.05, 4.69) is 69.8 Å². The van der Waals surface area contributed by atoms with Crippen molar-refractivity contribution in [3.8, 4) is 0 Å². The Bertz CT molecular complexity index is 802. The first kappa shape index (κ1) is 24.7. The van der Waals surface area contributed by atoms with E-state index >= 15 is 0 Å². The maximum atomic E-state index is 4.68. The number of aromatic nitrogens is 2. The SMILES string of the molecule is CCc1nn(C)c(CC)c1CNC(=NC)NC1CCCN(Cc2ccccc2)C1.I. The summed E-state index contributed by atoms with van der Waals surface area (Å²) >= 11 is 0. The molecule has 3 rings (SSSR count). The molecule has 0 bridgehead atoms. The molecule has 2 aromatic rings. The van der Waals surface area contributed by atoms with Gasteiger partial charge in [0.25, 0.3) is 0 Å². The van der Waals surface area contributed by atoms with Crippen LogP contribution in [0, 0.1) is 0 Å². The number of likely N-dealkylation sites (tertiary alicyclic amines) is 1. The Hall–Kier alpha value is -1.61. The molecule has 1 unspecified atom stereocenters. The Morgan fingerprint density at radius 3 is 2.63 bits per heavy atom. The lowest BCUT2D eigenvalue weighted by Crippen LogP contribution is -2.50. The van der Waals surface area contributed by atoms with Gasteiger partial charge in [-0.15, -0.1) is 24.0 Å². The molecule has 0 amide bonds. The average Bonchev–Trinajstić information content (AvgIpc) is 3.06. The van der Waals surface area contributed by atoms with Crippen molar-refractivity contribution in [2.45, 2.75) is 58.7 Å². The molecule has 2 N–H and O–H groups in total. The monoisotopic (exact) mass is 524 g/mol. The predicted molar refractivity (Wildman–Crippen MR) is 135 cm³/mol. The van der Waals surface area contributed by atoms with Crippen molar-refractivity contribution in [1.82, 2.24) is 25.3 Å². The van der Waals surface area contributed by atoms with E-state index < -0.39 is 0 Å². The quantitative estimate of drug-likeness (QED) is 0.331. The van der Waals surface area contributed by atoms with Crippen LogP contribution < -0.4 is 10.6 Å². The van der Waals surface area contributed by atoms with E-state index in [1.165, 1.54) is 35.4 Å². The summed E-state index contributed by atoms with van der Waals surface area (Å²) in [5.41, 5.74) is 5.18. The van der Waals surface area contributed by atoms with Crippen LogP contribution in [0.2, 0.25) is 0 Å². The lowest BCUT2D eigenvalue weighted by Gasteiger charge is -2.34. The van der Waals surface area contributed by atoms with Crippen molar-refractivity contribution >= 4 is 29.9 Å². The summed E-state index contributed by atoms with van der Waals surface area (Å²) in [5.74, 6) is 0.879. The highest BCUT2D eigenvalue weighted by Gasteiger charge is 2.21. The van der Waals surface area contributed by atoms with Crippen LogP contribution in [0.4, 0.5) is 0 Å². The van der Waals surface area contributed by atoms with Gasteiger partial charge in [0.2, 0.25) is 0 Å². The number of halogens is 1. The van der Waals surface area contributed by atoms with Crippen molar-refractivity contribution < 1.29 is 0 Å². The normalized spacial score (nSPS) is 17.5. The van der Waals surface area contributed by atoms with Gasteiger partial charge in [-0.3, -0.25) is 14.6 Å². The summed E-state index contributed by atoms with van der Waals surface area (Å²) in [6.07, 6.45) is 4.33. The number of nitrogens with zero attached hydrogens (tertiary/aromatic N) is 4. The Labute approximate surface area is 198 Å². The molecule has 1 fully saturated rings. The second-order valence-corrected chi connectivity index (χ2v) is 7.83. The Morgan fingerprint density at radius 1 is 1.20 bits per heavy atom. The number of aliphatic imine (C=N–C) groups is 1. The summed E-state index contributed by atoms with van der Waals surface area (Å²) in [5, 5.41) is 11.8. The van der Waals surface area contributed by atoms with Crippen LogP contribution in [0.15, 0.2) is 35.3 Å². The lowest BCUT2D eigenvalue weighted by atomic mass is 10.0. The predicted octanol–water partition coefficient (Wildman–Crippen LogP) is 3.49. The van der Waals surface area contributed by atoms with Gasteiger partial charge in [0.1, 0.15) is 0 Å². The van der Waals surface area contributed by atoms with Crippen LogP contribution >= 0.6 is 24.0 Å². The standard InChI is InChI=1S/C23H36N6.HI/c1-5-21-20(22(6-2)28(4)27-21)15-25-23(24-3)26-19-13-10-14-29(17-19)16-18-11-8-7-9-12-18;/h7-9,11-12,19H,5-6,10,13-17H2,1-4H3,(H2,24,25,26);1H. The summed E-state index contributed by atoms with van der Waals surface area (Å²) < 4.78 is 2.02. The molecule has 1 saturated heterocycles. The van der Waals surface area contributed by atoms with Gasteiger partial charge in [0, 0.05) is 51.0 Å². The van der Waals surface area contributed by atoms with Gasteiger partial charge in [-0.05, 0) is 37.8 Å². The highest BCUT2D eigenvalue weighted by atomic mass is 127. The molecule has 1 atom stereocenters. The maximum Gasteiger partial charge on any atom is 0.191 e. The van der Waals surface area contributed by atoms with Crippen LogP contribution in [0.25, 0.3) is 0 Å². The lowest BCUT2D eigenvalue weighted by molar-refractivity contribution is 0.192. The van der Waals surface area contributed by atoms with Crippen LogP contribution in [-0.4, -0.2) is 46.8 Å². The molecule has 0 spiro atoms. The molecule has 1 aliphatic heterocycles. The van der Waals surface area contributed by atoms with Crippen molar-refractivity contribution in [3.63, 3.8) is 0 Å². The van der Waals surface area contributed by atoms with E-state index in [-0.39, 0.29) is 24.0 Å². The van der Waals surface area contributed by atoms with E-state index in [0.29, 0.717) is 6.04 Å². The molecule has 1 aliphatic rings. The smallest absolute Gasteiger partial charge is 0.191 e. The Kier molecular flexibility index (Phi) is 10.1. The number of benzene rings is 1. The van der Waals surface area contributed by atoms with E-state index in [1.807, 2.05) is 18.8 Å². The van der Waals surface area contributed by atoms with Gasteiger partial charge >= 0.3 is 0 Å². The molecule has 0 saturated carbocycles. The van der Waals surface area contributed by atoms with Gasteiger partial charge in [-0.2, -0.15) is 5.10 Å². The zero-order valence-electron chi connectivity index (χ0n) is 18.8. The molecule has 1 aromatic heterocycles. The Balaban J connectivity index is 0.00000320. The molecule has 0 aliphatic carbocycles. The van der Waals surface area contributed by atoms with Crippen LogP contribution in [-0.2, 0) is 33.0 Å². The second-order valence-electron chi connectivity index (χ2n) is 7.83. The van der Waals surface area contributed by atoms with Crippen molar-refractivity contribution in [2.75, 3.05) is 20.1 Å². The topological polar surface area (TPSA) is 57.5 Å². The number of hydrogen-bond donors (Lipinski definition) is 2. The fourth-order valence-electron chi connectivity index (χ4n) is 4.31. The number of piperidine rings is 1. The summed E-state index contributed by atoms with van der Waals surface area (Å²) in [7, 11) is 3.89. The zero-order valence-corrected chi connectivity index (χ0v) is 21.1. The summed E-state index contributed by atoms with van der Waals surface area (Å²) in [6.45, 7) is 8.34. The third kappa shape index (κ3) is 6.44. The first-order valence-corrected chi connectivity index (χ1v) is 10.9. The minimum Gasteiger partial charge on any atom is -0.352 e. The molecule has 1 aromatic carbocycles. The molecular formula is C23H37IN6. The fourth-order valence-corrected chi connectivity index (χ4v) is 4.31. The molecule has 2 heterocycles. The van der Waals surface area contributed by atoms with Gasteiger partial charge in [-0.1, -0.05) is 44.2 Å². The number of guanidine groups is 1. The second kappa shape index (κ2) is 12.3. The third-order valence-corrected chi connectivity index (χ3v) is 5.78.